The van der Waals surface area contributed by atoms with Gasteiger partial charge >= 0.3 is 0 Å². The molecule has 10 heavy (non-hydrogen) atoms. The van der Waals surface area contributed by atoms with E-state index in [0.717, 1.165) is 0 Å². The quantitative estimate of drug-likeness (QED) is 0.480. The lowest BCUT2D eigenvalue weighted by atomic mass is 9.65. The second-order valence-electron chi connectivity index (χ2n) is 4.59. The first-order valence-electron chi connectivity index (χ1n) is 4.95. The zero-order chi connectivity index (χ0) is 6.55. The van der Waals surface area contributed by atoms with Gasteiger partial charge in [0.05, 0.1) is 0 Å². The molecule has 0 aromatic rings. The van der Waals surface area contributed by atoms with Crippen molar-refractivity contribution in [2.75, 3.05) is 0 Å². The van der Waals surface area contributed by atoms with Crippen LogP contribution in [-0.4, -0.2) is 0 Å². The van der Waals surface area contributed by atoms with Crippen molar-refractivity contribution in [2.24, 2.45) is 23.7 Å². The molecule has 4 rings (SSSR count). The lowest BCUT2D eigenvalue weighted by molar-refractivity contribution is 0.0894. The van der Waals surface area contributed by atoms with E-state index in [1.807, 2.05) is 0 Å². The Balaban J connectivity index is 1.91. The molecule has 0 spiro atoms. The molecule has 4 aliphatic carbocycles. The van der Waals surface area contributed by atoms with Gasteiger partial charge in [-0.1, -0.05) is 19.3 Å². The molecule has 0 heteroatoms. The molecule has 0 aromatic heterocycles. The maximum Gasteiger partial charge on any atom is -0.0352 e. The van der Waals surface area contributed by atoms with Crippen LogP contribution in [0.3, 0.4) is 0 Å². The van der Waals surface area contributed by atoms with E-state index in [9.17, 15) is 0 Å². The van der Waals surface area contributed by atoms with Gasteiger partial charge in [-0.2, -0.15) is 0 Å². The summed E-state index contributed by atoms with van der Waals surface area (Å²) in [6.45, 7) is 0. The second-order valence-corrected chi connectivity index (χ2v) is 4.59. The van der Waals surface area contributed by atoms with Crippen molar-refractivity contribution >= 4 is 0 Å². The third-order valence-corrected chi connectivity index (χ3v) is 4.36. The first-order chi connectivity index (χ1) is 4.95. The van der Waals surface area contributed by atoms with E-state index in [-0.39, 0.29) is 0 Å². The fourth-order valence-electron chi connectivity index (χ4n) is 3.80. The van der Waals surface area contributed by atoms with E-state index in [1.54, 1.807) is 38.5 Å². The van der Waals surface area contributed by atoms with Crippen molar-refractivity contribution in [3.8, 4) is 0 Å². The third kappa shape index (κ3) is 0.538. The van der Waals surface area contributed by atoms with Crippen LogP contribution in [0, 0.1) is 23.7 Å². The summed E-state index contributed by atoms with van der Waals surface area (Å²) in [6, 6.07) is 0. The molecule has 0 aromatic carbocycles. The van der Waals surface area contributed by atoms with Gasteiger partial charge in [0.1, 0.15) is 0 Å². The van der Waals surface area contributed by atoms with Crippen molar-refractivity contribution < 1.29 is 0 Å². The van der Waals surface area contributed by atoms with Gasteiger partial charge in [0.15, 0.2) is 0 Å². The molecule has 56 valence electrons. The van der Waals surface area contributed by atoms with E-state index >= 15 is 0 Å². The maximum atomic E-state index is 1.62. The minimum atomic E-state index is 1.18. The van der Waals surface area contributed by atoms with Gasteiger partial charge in [-0.25, -0.2) is 0 Å². The molecule has 0 aliphatic heterocycles. The van der Waals surface area contributed by atoms with Crippen LogP contribution >= 0.6 is 0 Å². The largest absolute Gasteiger partial charge is 0.0528 e. The van der Waals surface area contributed by atoms with Crippen molar-refractivity contribution in [3.63, 3.8) is 0 Å². The summed E-state index contributed by atoms with van der Waals surface area (Å²) < 4.78 is 0. The fourth-order valence-corrected chi connectivity index (χ4v) is 3.80. The van der Waals surface area contributed by atoms with E-state index in [1.165, 1.54) is 23.7 Å². The normalized spacial score (nSPS) is 57.6. The molecular weight excluding hydrogens is 120 g/mol. The number of fused-ring (bicyclic) bond motifs is 2. The number of hydrogen-bond acceptors (Lipinski definition) is 0. The predicted octanol–water partition coefficient (Wildman–Crippen LogP) is 2.83. The molecule has 4 unspecified atom stereocenters. The van der Waals surface area contributed by atoms with Crippen molar-refractivity contribution in [3.05, 3.63) is 0 Å². The van der Waals surface area contributed by atoms with Crippen LogP contribution in [0.2, 0.25) is 0 Å². The maximum absolute atomic E-state index is 1.62. The van der Waals surface area contributed by atoms with Gasteiger partial charge in [0, 0.05) is 0 Å². The summed E-state index contributed by atoms with van der Waals surface area (Å²) >= 11 is 0. The molecule has 0 N–H and O–H groups in total. The first-order valence-corrected chi connectivity index (χ1v) is 4.95. The van der Waals surface area contributed by atoms with Crippen LogP contribution in [0.25, 0.3) is 0 Å². The van der Waals surface area contributed by atoms with Crippen LogP contribution in [-0.2, 0) is 0 Å². The standard InChI is InChI=1S/C10H16/c1-2-7-4-5-9-8(3-1)6-10(7)9/h7-10H,1-6H2. The monoisotopic (exact) mass is 136 g/mol. The molecule has 0 amide bonds. The second kappa shape index (κ2) is 1.78. The summed E-state index contributed by atoms with van der Waals surface area (Å²) in [5, 5.41) is 0. The van der Waals surface area contributed by atoms with Crippen LogP contribution in [0.5, 0.6) is 0 Å². The van der Waals surface area contributed by atoms with E-state index in [0.29, 0.717) is 0 Å². The van der Waals surface area contributed by atoms with Crippen molar-refractivity contribution in [1.29, 1.82) is 0 Å². The van der Waals surface area contributed by atoms with Gasteiger partial charge in [-0.15, -0.1) is 0 Å². The van der Waals surface area contributed by atoms with Gasteiger partial charge < -0.3 is 0 Å². The van der Waals surface area contributed by atoms with E-state index in [2.05, 4.69) is 0 Å². The van der Waals surface area contributed by atoms with Crippen LogP contribution in [0.4, 0.5) is 0 Å². The highest BCUT2D eigenvalue weighted by molar-refractivity contribution is 4.99. The van der Waals surface area contributed by atoms with Crippen LogP contribution < -0.4 is 0 Å². The molecule has 4 atom stereocenters. The zero-order valence-electron chi connectivity index (χ0n) is 6.55. The van der Waals surface area contributed by atoms with Gasteiger partial charge in [0.25, 0.3) is 0 Å². The Labute approximate surface area is 63.0 Å². The molecule has 4 fully saturated rings. The Morgan fingerprint density at radius 3 is 2.60 bits per heavy atom. The minimum absolute atomic E-state index is 1.18. The van der Waals surface area contributed by atoms with Gasteiger partial charge in [-0.3, -0.25) is 0 Å². The van der Waals surface area contributed by atoms with Crippen molar-refractivity contribution in [2.45, 2.75) is 38.5 Å². The molecule has 0 nitrogen and oxygen atoms in total. The molecule has 0 heterocycles. The summed E-state index contributed by atoms with van der Waals surface area (Å²) in [5.41, 5.74) is 0. The lowest BCUT2D eigenvalue weighted by Gasteiger charge is -2.40. The van der Waals surface area contributed by atoms with Gasteiger partial charge in [-0.05, 0) is 42.9 Å². The molecule has 0 radical (unpaired) electrons. The SMILES string of the molecule is C1CC2CC3C(C1)CCC23. The highest BCUT2D eigenvalue weighted by Crippen LogP contribution is 2.59. The molecule has 4 bridgehead atoms. The Morgan fingerprint density at radius 1 is 0.700 bits per heavy atom. The number of rotatable bonds is 0. The Kier molecular flexibility index (Phi) is 1.00. The summed E-state index contributed by atoms with van der Waals surface area (Å²) in [4.78, 5) is 0. The highest BCUT2D eigenvalue weighted by atomic mass is 14.5. The summed E-state index contributed by atoms with van der Waals surface area (Å²) in [6.07, 6.45) is 9.53. The number of hydrogen-bond donors (Lipinski definition) is 0. The topological polar surface area (TPSA) is 0 Å². The highest BCUT2D eigenvalue weighted by Gasteiger charge is 2.49. The van der Waals surface area contributed by atoms with E-state index < -0.39 is 0 Å². The Hall–Kier alpha value is 0. The fraction of sp³-hybridized carbons (Fsp3) is 1.00. The molecule has 4 aliphatic rings. The predicted molar refractivity (Wildman–Crippen MR) is 41.7 cm³/mol. The van der Waals surface area contributed by atoms with Gasteiger partial charge in [0.2, 0.25) is 0 Å². The smallest absolute Gasteiger partial charge is 0.0352 e. The van der Waals surface area contributed by atoms with Crippen molar-refractivity contribution in [1.82, 2.24) is 0 Å². The Bertz CT molecular complexity index is 141. The van der Waals surface area contributed by atoms with E-state index in [4.69, 9.17) is 0 Å². The first kappa shape index (κ1) is 5.62. The summed E-state index contributed by atoms with van der Waals surface area (Å²) in [5.74, 6) is 4.81. The minimum Gasteiger partial charge on any atom is -0.0528 e. The van der Waals surface area contributed by atoms with Crippen LogP contribution in [0.15, 0.2) is 0 Å². The molecule has 4 saturated carbocycles. The lowest BCUT2D eigenvalue weighted by Crippen LogP contribution is -2.33. The van der Waals surface area contributed by atoms with Crippen LogP contribution in [0.1, 0.15) is 38.5 Å². The summed E-state index contributed by atoms with van der Waals surface area (Å²) in [7, 11) is 0. The molecular formula is C10H16. The average molecular weight is 136 g/mol. The zero-order valence-corrected chi connectivity index (χ0v) is 6.55. The third-order valence-electron chi connectivity index (χ3n) is 4.36. The Morgan fingerprint density at radius 2 is 1.60 bits per heavy atom. The molecule has 0 saturated heterocycles. The average Bonchev–Trinajstić information content (AvgIpc) is 2.14.